The van der Waals surface area contributed by atoms with Crippen LogP contribution >= 0.6 is 0 Å². The molecule has 3 fully saturated rings. The van der Waals surface area contributed by atoms with Crippen molar-refractivity contribution in [2.75, 3.05) is 13.2 Å². The van der Waals surface area contributed by atoms with Gasteiger partial charge in [-0.05, 0) is 25.7 Å². The smallest absolute Gasteiger partial charge is 0.273 e. The van der Waals surface area contributed by atoms with E-state index in [-0.39, 0.29) is 17.9 Å². The van der Waals surface area contributed by atoms with Gasteiger partial charge in [0.2, 0.25) is 0 Å². The average molecular weight is 277 g/mol. The van der Waals surface area contributed by atoms with Crippen molar-refractivity contribution in [3.05, 3.63) is 17.5 Å². The highest BCUT2D eigenvalue weighted by Crippen LogP contribution is 2.27. The Bertz CT molecular complexity index is 500. The maximum absolute atomic E-state index is 12.2. The number of aromatic nitrogens is 1. The van der Waals surface area contributed by atoms with E-state index in [4.69, 9.17) is 9.26 Å². The quantitative estimate of drug-likeness (QED) is 0.854. The minimum absolute atomic E-state index is 0.119. The molecule has 6 heteroatoms. The van der Waals surface area contributed by atoms with Crippen LogP contribution in [0.4, 0.5) is 0 Å². The molecular formula is C14H19N3O3. The first kappa shape index (κ1) is 12.3. The zero-order chi connectivity index (χ0) is 13.5. The van der Waals surface area contributed by atoms with Crippen LogP contribution in [-0.2, 0) is 4.74 Å². The Kier molecular flexibility index (Phi) is 3.00. The molecule has 0 radical (unpaired) electrons. The molecule has 2 bridgehead atoms. The van der Waals surface area contributed by atoms with Gasteiger partial charge in [0.1, 0.15) is 5.76 Å². The Morgan fingerprint density at radius 2 is 2.05 bits per heavy atom. The number of piperidine rings is 1. The molecule has 3 aliphatic rings. The van der Waals surface area contributed by atoms with Gasteiger partial charge in [-0.25, -0.2) is 0 Å². The molecule has 1 aromatic heterocycles. The minimum Gasteiger partial charge on any atom is -0.380 e. The Morgan fingerprint density at radius 1 is 1.30 bits per heavy atom. The molecule has 1 aromatic rings. The van der Waals surface area contributed by atoms with Crippen molar-refractivity contribution >= 4 is 5.91 Å². The molecule has 3 aliphatic heterocycles. The topological polar surface area (TPSA) is 76.4 Å². The summed E-state index contributed by atoms with van der Waals surface area (Å²) in [5, 5.41) is 10.5. The molecule has 0 saturated carbocycles. The van der Waals surface area contributed by atoms with Gasteiger partial charge in [-0.3, -0.25) is 4.79 Å². The SMILES string of the molecule is O=C(NC1C[C@H]2CC[C@@H](C1)N2)c1cc(C2COC2)on1. The zero-order valence-electron chi connectivity index (χ0n) is 11.3. The monoisotopic (exact) mass is 277 g/mol. The largest absolute Gasteiger partial charge is 0.380 e. The second kappa shape index (κ2) is 4.86. The fourth-order valence-electron chi connectivity index (χ4n) is 3.42. The van der Waals surface area contributed by atoms with E-state index in [1.54, 1.807) is 6.07 Å². The molecule has 0 aromatic carbocycles. The van der Waals surface area contributed by atoms with Crippen molar-refractivity contribution in [2.24, 2.45) is 0 Å². The van der Waals surface area contributed by atoms with Crippen molar-refractivity contribution < 1.29 is 14.1 Å². The summed E-state index contributed by atoms with van der Waals surface area (Å²) in [6.45, 7) is 1.32. The van der Waals surface area contributed by atoms with Gasteiger partial charge in [0.25, 0.3) is 5.91 Å². The van der Waals surface area contributed by atoms with Crippen LogP contribution in [0.2, 0.25) is 0 Å². The van der Waals surface area contributed by atoms with Gasteiger partial charge >= 0.3 is 0 Å². The van der Waals surface area contributed by atoms with E-state index in [9.17, 15) is 4.79 Å². The van der Waals surface area contributed by atoms with E-state index in [0.717, 1.165) is 18.6 Å². The summed E-state index contributed by atoms with van der Waals surface area (Å²) in [6.07, 6.45) is 4.49. The van der Waals surface area contributed by atoms with Gasteiger partial charge in [-0.15, -0.1) is 0 Å². The van der Waals surface area contributed by atoms with Gasteiger partial charge in [0.15, 0.2) is 5.69 Å². The normalized spacial score (nSPS) is 32.9. The second-order valence-corrected chi connectivity index (χ2v) is 6.13. The van der Waals surface area contributed by atoms with Crippen LogP contribution < -0.4 is 10.6 Å². The lowest BCUT2D eigenvalue weighted by Gasteiger charge is -2.29. The van der Waals surface area contributed by atoms with E-state index >= 15 is 0 Å². The van der Waals surface area contributed by atoms with Gasteiger partial charge in [0, 0.05) is 24.2 Å². The molecule has 0 spiro atoms. The first-order valence-corrected chi connectivity index (χ1v) is 7.39. The fraction of sp³-hybridized carbons (Fsp3) is 0.714. The molecule has 4 heterocycles. The van der Waals surface area contributed by atoms with Crippen LogP contribution in [0.15, 0.2) is 10.6 Å². The third-order valence-electron chi connectivity index (χ3n) is 4.61. The lowest BCUT2D eigenvalue weighted by Crippen LogP contribution is -2.48. The molecule has 0 aliphatic carbocycles. The summed E-state index contributed by atoms with van der Waals surface area (Å²) in [6, 6.07) is 3.14. The maximum atomic E-state index is 12.2. The van der Waals surface area contributed by atoms with E-state index in [0.29, 0.717) is 31.0 Å². The summed E-state index contributed by atoms with van der Waals surface area (Å²) in [5.74, 6) is 0.900. The second-order valence-electron chi connectivity index (χ2n) is 6.13. The number of carbonyl (C=O) groups excluding carboxylic acids is 1. The van der Waals surface area contributed by atoms with Crippen LogP contribution in [0.5, 0.6) is 0 Å². The third-order valence-corrected chi connectivity index (χ3v) is 4.61. The predicted octanol–water partition coefficient (Wildman–Crippen LogP) is 0.801. The van der Waals surface area contributed by atoms with E-state index in [2.05, 4.69) is 15.8 Å². The van der Waals surface area contributed by atoms with E-state index in [1.165, 1.54) is 12.8 Å². The number of hydrogen-bond donors (Lipinski definition) is 2. The molecule has 2 N–H and O–H groups in total. The minimum atomic E-state index is -0.119. The number of carbonyl (C=O) groups is 1. The number of fused-ring (bicyclic) bond motifs is 2. The zero-order valence-corrected chi connectivity index (χ0v) is 11.3. The number of ether oxygens (including phenoxy) is 1. The fourth-order valence-corrected chi connectivity index (χ4v) is 3.42. The van der Waals surface area contributed by atoms with Crippen molar-refractivity contribution in [1.29, 1.82) is 0 Å². The molecule has 1 unspecified atom stereocenters. The number of hydrogen-bond acceptors (Lipinski definition) is 5. The van der Waals surface area contributed by atoms with Gasteiger partial charge in [-0.1, -0.05) is 5.16 Å². The predicted molar refractivity (Wildman–Crippen MR) is 70.5 cm³/mol. The number of amides is 1. The molecule has 20 heavy (non-hydrogen) atoms. The molecule has 6 nitrogen and oxygen atoms in total. The Balaban J connectivity index is 1.38. The molecular weight excluding hydrogens is 258 g/mol. The van der Waals surface area contributed by atoms with Crippen molar-refractivity contribution in [3.63, 3.8) is 0 Å². The van der Waals surface area contributed by atoms with Crippen molar-refractivity contribution in [1.82, 2.24) is 15.8 Å². The van der Waals surface area contributed by atoms with Crippen molar-refractivity contribution in [2.45, 2.75) is 49.7 Å². The van der Waals surface area contributed by atoms with Gasteiger partial charge < -0.3 is 19.9 Å². The third kappa shape index (κ3) is 2.23. The van der Waals surface area contributed by atoms with Crippen molar-refractivity contribution in [3.8, 4) is 0 Å². The summed E-state index contributed by atoms with van der Waals surface area (Å²) in [5.41, 5.74) is 0.387. The maximum Gasteiger partial charge on any atom is 0.273 e. The van der Waals surface area contributed by atoms with Crippen LogP contribution in [0, 0.1) is 0 Å². The van der Waals surface area contributed by atoms with Crippen LogP contribution in [0.3, 0.4) is 0 Å². The number of rotatable bonds is 3. The standard InChI is InChI=1S/C14H19N3O3/c18-14(12-5-13(20-17-12)8-6-19-7-8)16-11-3-9-1-2-10(4-11)15-9/h5,8-11,15H,1-4,6-7H2,(H,16,18)/t9-,10+,11?. The lowest BCUT2D eigenvalue weighted by atomic mass is 9.99. The van der Waals surface area contributed by atoms with Crippen LogP contribution in [0.1, 0.15) is 47.8 Å². The molecule has 1 amide bonds. The van der Waals surface area contributed by atoms with E-state index < -0.39 is 0 Å². The highest BCUT2D eigenvalue weighted by atomic mass is 16.5. The summed E-state index contributed by atoms with van der Waals surface area (Å²) in [4.78, 5) is 12.2. The lowest BCUT2D eigenvalue weighted by molar-refractivity contribution is -0.00228. The Morgan fingerprint density at radius 3 is 2.70 bits per heavy atom. The molecule has 3 saturated heterocycles. The molecule has 108 valence electrons. The number of nitrogens with one attached hydrogen (secondary N) is 2. The van der Waals surface area contributed by atoms with Crippen LogP contribution in [-0.4, -0.2) is 42.4 Å². The summed E-state index contributed by atoms with van der Waals surface area (Å²) >= 11 is 0. The van der Waals surface area contributed by atoms with Gasteiger partial charge in [0.05, 0.1) is 19.1 Å². The first-order valence-electron chi connectivity index (χ1n) is 7.39. The summed E-state index contributed by atoms with van der Waals surface area (Å²) in [7, 11) is 0. The Hall–Kier alpha value is -1.40. The Labute approximate surface area is 117 Å². The molecule has 3 atom stereocenters. The molecule has 4 rings (SSSR count). The number of nitrogens with zero attached hydrogens (tertiary/aromatic N) is 1. The van der Waals surface area contributed by atoms with Crippen LogP contribution in [0.25, 0.3) is 0 Å². The highest BCUT2D eigenvalue weighted by Gasteiger charge is 2.34. The first-order chi connectivity index (χ1) is 9.78. The summed E-state index contributed by atoms with van der Waals surface area (Å²) < 4.78 is 10.3. The van der Waals surface area contributed by atoms with E-state index in [1.807, 2.05) is 0 Å². The highest BCUT2D eigenvalue weighted by molar-refractivity contribution is 5.92. The average Bonchev–Trinajstić information content (AvgIpc) is 2.95. The van der Waals surface area contributed by atoms with Gasteiger partial charge in [-0.2, -0.15) is 0 Å².